The quantitative estimate of drug-likeness (QED) is 0.727. The van der Waals surface area contributed by atoms with E-state index in [2.05, 4.69) is 11.6 Å². The lowest BCUT2D eigenvalue weighted by atomic mass is 10.0. The van der Waals surface area contributed by atoms with Gasteiger partial charge in [0.1, 0.15) is 10.3 Å². The summed E-state index contributed by atoms with van der Waals surface area (Å²) >= 11 is 11.5. The first kappa shape index (κ1) is 13.0. The Kier molecular flexibility index (Phi) is 3.64. The lowest BCUT2D eigenvalue weighted by molar-refractivity contribution is 0.508. The Morgan fingerprint density at radius 2 is 1.56 bits per heavy atom. The van der Waals surface area contributed by atoms with Crippen molar-refractivity contribution in [3.8, 4) is 0 Å². The molecule has 0 bridgehead atoms. The van der Waals surface area contributed by atoms with Crippen molar-refractivity contribution in [1.82, 2.24) is 4.98 Å². The Labute approximate surface area is 113 Å². The monoisotopic (exact) mass is 285 g/mol. The van der Waals surface area contributed by atoms with E-state index in [1.54, 1.807) is 12.1 Å². The third kappa shape index (κ3) is 2.68. The van der Waals surface area contributed by atoms with E-state index >= 15 is 0 Å². The number of hydrogen-bond donors (Lipinski definition) is 0. The molecule has 0 amide bonds. The van der Waals surface area contributed by atoms with E-state index in [1.807, 2.05) is 0 Å². The Morgan fingerprint density at radius 1 is 0.944 bits per heavy atom. The predicted molar refractivity (Wildman–Crippen MR) is 68.8 cm³/mol. The van der Waals surface area contributed by atoms with Crippen LogP contribution in [0.4, 0.5) is 8.78 Å². The van der Waals surface area contributed by atoms with Crippen molar-refractivity contribution >= 4 is 28.8 Å². The third-order valence-corrected chi connectivity index (χ3v) is 2.77. The van der Waals surface area contributed by atoms with E-state index in [9.17, 15) is 8.78 Å². The Hall–Kier alpha value is -1.45. The fourth-order valence-electron chi connectivity index (χ4n) is 1.49. The first-order chi connectivity index (χ1) is 8.47. The summed E-state index contributed by atoms with van der Waals surface area (Å²) in [6, 6.07) is 6.65. The second kappa shape index (κ2) is 5.04. The maximum Gasteiger partial charge on any atom is 0.159 e. The van der Waals surface area contributed by atoms with Gasteiger partial charge in [0, 0.05) is 0 Å². The molecule has 18 heavy (non-hydrogen) atoms. The van der Waals surface area contributed by atoms with Crippen LogP contribution in [0.2, 0.25) is 10.3 Å². The van der Waals surface area contributed by atoms with E-state index in [4.69, 9.17) is 23.2 Å². The van der Waals surface area contributed by atoms with Gasteiger partial charge in [-0.05, 0) is 41.0 Å². The highest BCUT2D eigenvalue weighted by Gasteiger charge is 2.09. The predicted octanol–water partition coefficient (Wildman–Crippen LogP) is 4.73. The summed E-state index contributed by atoms with van der Waals surface area (Å²) in [5.74, 6) is -1.84. The van der Waals surface area contributed by atoms with Gasteiger partial charge in [0.2, 0.25) is 0 Å². The summed E-state index contributed by atoms with van der Waals surface area (Å²) in [5, 5.41) is 0.419. The molecular weight excluding hydrogens is 279 g/mol. The lowest BCUT2D eigenvalue weighted by Crippen LogP contribution is -1.91. The van der Waals surface area contributed by atoms with Gasteiger partial charge in [-0.3, -0.25) is 0 Å². The summed E-state index contributed by atoms with van der Waals surface area (Å²) in [6.07, 6.45) is 0. The molecule has 5 heteroatoms. The van der Waals surface area contributed by atoms with Crippen molar-refractivity contribution in [3.63, 3.8) is 0 Å². The van der Waals surface area contributed by atoms with E-state index in [1.165, 1.54) is 6.07 Å². The highest BCUT2D eigenvalue weighted by molar-refractivity contribution is 6.32. The number of rotatable bonds is 2. The van der Waals surface area contributed by atoms with Crippen LogP contribution in [-0.4, -0.2) is 4.98 Å². The molecule has 0 aliphatic heterocycles. The fourth-order valence-corrected chi connectivity index (χ4v) is 1.95. The fraction of sp³-hybridized carbons (Fsp3) is 0. The number of benzene rings is 1. The second-order valence-electron chi connectivity index (χ2n) is 3.61. The number of halogens is 4. The van der Waals surface area contributed by atoms with Gasteiger partial charge in [-0.1, -0.05) is 35.8 Å². The molecular formula is C13H7Cl2F2N. The molecule has 0 aliphatic rings. The van der Waals surface area contributed by atoms with Crippen LogP contribution in [0, 0.1) is 11.6 Å². The minimum atomic E-state index is -0.931. The molecule has 1 nitrogen and oxygen atoms in total. The average molecular weight is 286 g/mol. The summed E-state index contributed by atoms with van der Waals surface area (Å²) in [4.78, 5) is 3.80. The van der Waals surface area contributed by atoms with E-state index in [-0.39, 0.29) is 10.3 Å². The van der Waals surface area contributed by atoms with E-state index < -0.39 is 11.6 Å². The van der Waals surface area contributed by atoms with Crippen LogP contribution < -0.4 is 0 Å². The smallest absolute Gasteiger partial charge is 0.159 e. The maximum absolute atomic E-state index is 13.1. The van der Waals surface area contributed by atoms with Crippen molar-refractivity contribution in [2.24, 2.45) is 0 Å². The molecule has 1 aromatic heterocycles. The lowest BCUT2D eigenvalue weighted by Gasteiger charge is -2.07. The van der Waals surface area contributed by atoms with Crippen molar-refractivity contribution in [3.05, 3.63) is 70.0 Å². The zero-order valence-corrected chi connectivity index (χ0v) is 10.6. The van der Waals surface area contributed by atoms with Gasteiger partial charge >= 0.3 is 0 Å². The molecule has 0 saturated carbocycles. The summed E-state index contributed by atoms with van der Waals surface area (Å²) < 4.78 is 26.0. The molecule has 1 aromatic carbocycles. The Balaban J connectivity index is 2.44. The number of pyridine rings is 1. The van der Waals surface area contributed by atoms with Gasteiger partial charge in [0.15, 0.2) is 11.6 Å². The molecule has 0 N–H and O–H groups in total. The molecule has 0 aliphatic carbocycles. The average Bonchev–Trinajstić information content (AvgIpc) is 2.30. The molecule has 0 fully saturated rings. The Bertz CT molecular complexity index is 606. The topological polar surface area (TPSA) is 12.9 Å². The SMILES string of the molecule is C=C(c1cc(Cl)nc(Cl)c1)c1ccc(F)c(F)c1. The normalized spacial score (nSPS) is 10.4. The number of hydrogen-bond acceptors (Lipinski definition) is 1. The summed E-state index contributed by atoms with van der Waals surface area (Å²) in [6.45, 7) is 3.81. The maximum atomic E-state index is 13.1. The van der Waals surface area contributed by atoms with Crippen molar-refractivity contribution < 1.29 is 8.78 Å². The largest absolute Gasteiger partial charge is 0.224 e. The van der Waals surface area contributed by atoms with Gasteiger partial charge in [0.05, 0.1) is 0 Å². The van der Waals surface area contributed by atoms with Crippen molar-refractivity contribution in [1.29, 1.82) is 0 Å². The van der Waals surface area contributed by atoms with Gasteiger partial charge in [0.25, 0.3) is 0 Å². The van der Waals surface area contributed by atoms with Gasteiger partial charge in [-0.25, -0.2) is 13.8 Å². The van der Waals surface area contributed by atoms with Crippen LogP contribution in [0.15, 0.2) is 36.9 Å². The van der Waals surface area contributed by atoms with Crippen LogP contribution in [0.5, 0.6) is 0 Å². The molecule has 92 valence electrons. The zero-order chi connectivity index (χ0) is 13.3. The Morgan fingerprint density at radius 3 is 2.11 bits per heavy atom. The van der Waals surface area contributed by atoms with Crippen LogP contribution in [0.25, 0.3) is 5.57 Å². The van der Waals surface area contributed by atoms with Crippen LogP contribution in [0.1, 0.15) is 11.1 Å². The van der Waals surface area contributed by atoms with Gasteiger partial charge < -0.3 is 0 Å². The van der Waals surface area contributed by atoms with Crippen LogP contribution in [0.3, 0.4) is 0 Å². The number of aromatic nitrogens is 1. The third-order valence-electron chi connectivity index (χ3n) is 2.38. The highest BCUT2D eigenvalue weighted by Crippen LogP contribution is 2.26. The minimum Gasteiger partial charge on any atom is -0.224 e. The molecule has 2 rings (SSSR count). The second-order valence-corrected chi connectivity index (χ2v) is 4.38. The molecule has 0 saturated heterocycles. The molecule has 0 radical (unpaired) electrons. The molecule has 0 spiro atoms. The van der Waals surface area contributed by atoms with Gasteiger partial charge in [-0.15, -0.1) is 0 Å². The van der Waals surface area contributed by atoms with Crippen molar-refractivity contribution in [2.75, 3.05) is 0 Å². The number of nitrogens with zero attached hydrogens (tertiary/aromatic N) is 1. The first-order valence-electron chi connectivity index (χ1n) is 4.95. The van der Waals surface area contributed by atoms with Crippen LogP contribution >= 0.6 is 23.2 Å². The van der Waals surface area contributed by atoms with Gasteiger partial charge in [-0.2, -0.15) is 0 Å². The summed E-state index contributed by atoms with van der Waals surface area (Å²) in [5.41, 5.74) is 1.54. The van der Waals surface area contributed by atoms with Crippen molar-refractivity contribution in [2.45, 2.75) is 0 Å². The zero-order valence-electron chi connectivity index (χ0n) is 9.05. The minimum absolute atomic E-state index is 0.209. The van der Waals surface area contributed by atoms with E-state index in [0.29, 0.717) is 16.7 Å². The molecule has 2 aromatic rings. The highest BCUT2D eigenvalue weighted by atomic mass is 35.5. The standard InChI is InChI=1S/C13H7Cl2F2N/c1-7(8-2-3-10(16)11(17)4-8)9-5-12(14)18-13(15)6-9/h2-6H,1H2. The first-order valence-corrected chi connectivity index (χ1v) is 5.71. The molecule has 0 atom stereocenters. The van der Waals surface area contributed by atoms with Crippen LogP contribution in [-0.2, 0) is 0 Å². The molecule has 0 unspecified atom stereocenters. The molecule has 1 heterocycles. The van der Waals surface area contributed by atoms with E-state index in [0.717, 1.165) is 12.1 Å². The summed E-state index contributed by atoms with van der Waals surface area (Å²) in [7, 11) is 0.